The normalized spacial score (nSPS) is 16.4. The van der Waals surface area contributed by atoms with Crippen molar-refractivity contribution in [2.24, 2.45) is 0 Å². The molecule has 3 rings (SSSR count). The smallest absolute Gasteiger partial charge is 0.149 e. The van der Waals surface area contributed by atoms with Gasteiger partial charge in [0.05, 0.1) is 0 Å². The number of aromatic nitrogens is 3. The molecular formula is C11H11N3O. The van der Waals surface area contributed by atoms with E-state index in [0.29, 0.717) is 0 Å². The standard InChI is InChI=1S/C11H11N3O/c1-11(2)10-9(12-14-13-10)7-5-3-4-6-8(7)15-11/h3-6H,1-2H3,(H,12,13,14). The number of hydrogen-bond donors (Lipinski definition) is 1. The minimum Gasteiger partial charge on any atom is -0.481 e. The molecular weight excluding hydrogens is 190 g/mol. The van der Waals surface area contributed by atoms with Gasteiger partial charge in [-0.2, -0.15) is 15.4 Å². The number of nitrogens with zero attached hydrogens (tertiary/aromatic N) is 2. The molecule has 2 heterocycles. The number of nitrogens with one attached hydrogen (secondary N) is 1. The summed E-state index contributed by atoms with van der Waals surface area (Å²) in [6.07, 6.45) is 0. The third-order valence-corrected chi connectivity index (χ3v) is 2.63. The summed E-state index contributed by atoms with van der Waals surface area (Å²) in [6.45, 7) is 3.98. The summed E-state index contributed by atoms with van der Waals surface area (Å²) in [6, 6.07) is 7.87. The quantitative estimate of drug-likeness (QED) is 0.710. The molecule has 1 N–H and O–H groups in total. The number of fused-ring (bicyclic) bond motifs is 3. The van der Waals surface area contributed by atoms with Crippen LogP contribution in [0.25, 0.3) is 11.3 Å². The van der Waals surface area contributed by atoms with E-state index in [4.69, 9.17) is 4.74 Å². The molecule has 2 aromatic rings. The molecule has 0 saturated carbocycles. The molecule has 0 saturated heterocycles. The van der Waals surface area contributed by atoms with Gasteiger partial charge in [-0.1, -0.05) is 12.1 Å². The predicted octanol–water partition coefficient (Wildman–Crippen LogP) is 2.10. The van der Waals surface area contributed by atoms with Gasteiger partial charge in [-0.3, -0.25) is 0 Å². The van der Waals surface area contributed by atoms with Gasteiger partial charge in [-0.15, -0.1) is 0 Å². The Hall–Kier alpha value is -1.84. The number of hydrogen-bond acceptors (Lipinski definition) is 3. The molecule has 4 heteroatoms. The van der Waals surface area contributed by atoms with E-state index in [-0.39, 0.29) is 0 Å². The van der Waals surface area contributed by atoms with E-state index in [1.165, 1.54) is 0 Å². The zero-order chi connectivity index (χ0) is 10.5. The van der Waals surface area contributed by atoms with E-state index >= 15 is 0 Å². The number of aromatic amines is 1. The van der Waals surface area contributed by atoms with Gasteiger partial charge >= 0.3 is 0 Å². The maximum atomic E-state index is 5.88. The average molecular weight is 201 g/mol. The van der Waals surface area contributed by atoms with E-state index in [0.717, 1.165) is 22.7 Å². The second kappa shape index (κ2) is 2.59. The lowest BCUT2D eigenvalue weighted by atomic mass is 9.95. The maximum Gasteiger partial charge on any atom is 0.149 e. The molecule has 0 aliphatic carbocycles. The van der Waals surface area contributed by atoms with Gasteiger partial charge in [0, 0.05) is 5.56 Å². The Morgan fingerprint density at radius 2 is 2.00 bits per heavy atom. The van der Waals surface area contributed by atoms with Gasteiger partial charge in [0.15, 0.2) is 0 Å². The van der Waals surface area contributed by atoms with Crippen molar-refractivity contribution >= 4 is 0 Å². The number of benzene rings is 1. The van der Waals surface area contributed by atoms with Crippen molar-refractivity contribution in [3.63, 3.8) is 0 Å². The van der Waals surface area contributed by atoms with Crippen LogP contribution in [0.5, 0.6) is 5.75 Å². The summed E-state index contributed by atoms with van der Waals surface area (Å²) >= 11 is 0. The van der Waals surface area contributed by atoms with E-state index in [1.807, 2.05) is 38.1 Å². The summed E-state index contributed by atoms with van der Waals surface area (Å²) in [5, 5.41) is 11.0. The average Bonchev–Trinajstić information content (AvgIpc) is 2.66. The highest BCUT2D eigenvalue weighted by molar-refractivity contribution is 5.71. The lowest BCUT2D eigenvalue weighted by Gasteiger charge is -2.30. The van der Waals surface area contributed by atoms with Crippen LogP contribution in [0.4, 0.5) is 0 Å². The molecule has 0 atom stereocenters. The summed E-state index contributed by atoms with van der Waals surface area (Å²) in [5.74, 6) is 0.865. The number of para-hydroxylation sites is 1. The minimum absolute atomic E-state index is 0.420. The van der Waals surface area contributed by atoms with Crippen molar-refractivity contribution in [1.29, 1.82) is 0 Å². The van der Waals surface area contributed by atoms with Crippen LogP contribution in [0.15, 0.2) is 24.3 Å². The van der Waals surface area contributed by atoms with Crippen molar-refractivity contribution < 1.29 is 4.74 Å². The van der Waals surface area contributed by atoms with Crippen LogP contribution >= 0.6 is 0 Å². The Balaban J connectivity index is 2.32. The molecule has 76 valence electrons. The van der Waals surface area contributed by atoms with Gasteiger partial charge in [-0.05, 0) is 26.0 Å². The lowest BCUT2D eigenvalue weighted by molar-refractivity contribution is 0.101. The van der Waals surface area contributed by atoms with Crippen LogP contribution < -0.4 is 4.74 Å². The highest BCUT2D eigenvalue weighted by Crippen LogP contribution is 2.42. The first kappa shape index (κ1) is 8.47. The zero-order valence-corrected chi connectivity index (χ0v) is 8.61. The second-order valence-corrected chi connectivity index (χ2v) is 4.13. The predicted molar refractivity (Wildman–Crippen MR) is 55.5 cm³/mol. The molecule has 15 heavy (non-hydrogen) atoms. The summed E-state index contributed by atoms with van der Waals surface area (Å²) in [7, 11) is 0. The second-order valence-electron chi connectivity index (χ2n) is 4.13. The highest BCUT2D eigenvalue weighted by Gasteiger charge is 2.35. The molecule has 1 aliphatic rings. The first-order valence-corrected chi connectivity index (χ1v) is 4.88. The van der Waals surface area contributed by atoms with Crippen LogP contribution in [0.2, 0.25) is 0 Å². The molecule has 1 aromatic heterocycles. The van der Waals surface area contributed by atoms with E-state index in [1.54, 1.807) is 0 Å². The first-order chi connectivity index (χ1) is 7.18. The molecule has 0 radical (unpaired) electrons. The number of ether oxygens (including phenoxy) is 1. The Bertz CT molecular complexity index is 516. The zero-order valence-electron chi connectivity index (χ0n) is 8.61. The largest absolute Gasteiger partial charge is 0.481 e. The van der Waals surface area contributed by atoms with Gasteiger partial charge in [0.1, 0.15) is 22.7 Å². The Kier molecular flexibility index (Phi) is 1.46. The van der Waals surface area contributed by atoms with Crippen LogP contribution in [0.1, 0.15) is 19.5 Å². The molecule has 1 aliphatic heterocycles. The summed E-state index contributed by atoms with van der Waals surface area (Å²) in [4.78, 5) is 0. The molecule has 0 spiro atoms. The maximum absolute atomic E-state index is 5.88. The number of H-pyrrole nitrogens is 1. The summed E-state index contributed by atoms with van der Waals surface area (Å²) in [5.41, 5.74) is 2.33. The fourth-order valence-electron chi connectivity index (χ4n) is 1.91. The minimum atomic E-state index is -0.420. The van der Waals surface area contributed by atoms with Crippen molar-refractivity contribution in [3.8, 4) is 17.0 Å². The fourth-order valence-corrected chi connectivity index (χ4v) is 1.91. The summed E-state index contributed by atoms with van der Waals surface area (Å²) < 4.78 is 5.88. The molecule has 0 fully saturated rings. The molecule has 0 unspecified atom stereocenters. The highest BCUT2D eigenvalue weighted by atomic mass is 16.5. The Morgan fingerprint density at radius 3 is 2.87 bits per heavy atom. The SMILES string of the molecule is CC1(C)Oc2ccccc2-c2n[nH]nc21. The van der Waals surface area contributed by atoms with E-state index in [9.17, 15) is 0 Å². The molecule has 0 bridgehead atoms. The van der Waals surface area contributed by atoms with Crippen LogP contribution in [0, 0.1) is 0 Å². The monoisotopic (exact) mass is 201 g/mol. The first-order valence-electron chi connectivity index (χ1n) is 4.88. The van der Waals surface area contributed by atoms with Crippen molar-refractivity contribution in [2.75, 3.05) is 0 Å². The number of rotatable bonds is 0. The van der Waals surface area contributed by atoms with Crippen molar-refractivity contribution in [1.82, 2.24) is 15.4 Å². The van der Waals surface area contributed by atoms with Crippen LogP contribution in [0.3, 0.4) is 0 Å². The van der Waals surface area contributed by atoms with Gasteiger partial charge in [-0.25, -0.2) is 0 Å². The van der Waals surface area contributed by atoms with Gasteiger partial charge in [0.25, 0.3) is 0 Å². The van der Waals surface area contributed by atoms with E-state index < -0.39 is 5.60 Å². The molecule has 1 aromatic carbocycles. The topological polar surface area (TPSA) is 50.8 Å². The van der Waals surface area contributed by atoms with Crippen LogP contribution in [-0.2, 0) is 5.60 Å². The van der Waals surface area contributed by atoms with E-state index in [2.05, 4.69) is 15.4 Å². The third-order valence-electron chi connectivity index (χ3n) is 2.63. The molecule has 0 amide bonds. The Morgan fingerprint density at radius 1 is 1.20 bits per heavy atom. The molecule has 4 nitrogen and oxygen atoms in total. The van der Waals surface area contributed by atoms with Crippen LogP contribution in [-0.4, -0.2) is 15.4 Å². The fraction of sp³-hybridized carbons (Fsp3) is 0.273. The Labute approximate surface area is 87.3 Å². The lowest BCUT2D eigenvalue weighted by Crippen LogP contribution is -2.29. The van der Waals surface area contributed by atoms with Crippen molar-refractivity contribution in [2.45, 2.75) is 19.4 Å². The third kappa shape index (κ3) is 1.08. The van der Waals surface area contributed by atoms with Crippen molar-refractivity contribution in [3.05, 3.63) is 30.0 Å². The van der Waals surface area contributed by atoms with Gasteiger partial charge in [0.2, 0.25) is 0 Å². The van der Waals surface area contributed by atoms with Gasteiger partial charge < -0.3 is 4.74 Å².